The van der Waals surface area contributed by atoms with E-state index >= 15 is 0 Å². The molecule has 3 N–H and O–H groups in total. The summed E-state index contributed by atoms with van der Waals surface area (Å²) >= 11 is 0. The summed E-state index contributed by atoms with van der Waals surface area (Å²) in [5, 5.41) is 10.5. The zero-order valence-electron chi connectivity index (χ0n) is 16.7. The maximum atomic E-state index is 13.4. The number of aliphatic hydroxyl groups excluding tert-OH is 1. The first-order valence-electron chi connectivity index (χ1n) is 10.3. The second-order valence-electron chi connectivity index (χ2n) is 7.93. The molecule has 1 aliphatic rings. The number of aliphatic hydroxyl groups is 1. The Bertz CT molecular complexity index is 975. The third kappa shape index (κ3) is 4.37. The minimum absolute atomic E-state index is 0.141. The Balaban J connectivity index is 1.51. The molecule has 4 rings (SSSR count). The summed E-state index contributed by atoms with van der Waals surface area (Å²) in [7, 11) is 0. The van der Waals surface area contributed by atoms with Gasteiger partial charge in [-0.2, -0.15) is 0 Å². The quantitative estimate of drug-likeness (QED) is 0.571. The zero-order chi connectivity index (χ0) is 21.1. The van der Waals surface area contributed by atoms with Gasteiger partial charge in [-0.05, 0) is 65.9 Å². The second kappa shape index (κ2) is 8.94. The summed E-state index contributed by atoms with van der Waals surface area (Å²) in [4.78, 5) is 2.27. The van der Waals surface area contributed by atoms with Gasteiger partial charge in [0, 0.05) is 24.7 Å². The van der Waals surface area contributed by atoms with Crippen molar-refractivity contribution in [2.75, 3.05) is 11.4 Å². The standard InChI is InChI=1S/C25H26F2N2O/c26-21-7-4-18(5-8-21)24(30)13-6-20-16-29(23-11-9-22(27)10-12-23)25(20)19-3-1-2-17(14-19)15-28/h1-5,7-12,14,20,24-25,30H,6,13,15-16,28H2. The molecule has 3 nitrogen and oxygen atoms in total. The lowest BCUT2D eigenvalue weighted by Crippen LogP contribution is -2.50. The number of rotatable bonds is 7. The van der Waals surface area contributed by atoms with E-state index in [4.69, 9.17) is 5.73 Å². The van der Waals surface area contributed by atoms with Gasteiger partial charge in [-0.15, -0.1) is 0 Å². The van der Waals surface area contributed by atoms with E-state index in [0.29, 0.717) is 18.9 Å². The average Bonchev–Trinajstić information content (AvgIpc) is 2.74. The molecule has 0 spiro atoms. The Kier molecular flexibility index (Phi) is 6.11. The molecule has 0 bridgehead atoms. The van der Waals surface area contributed by atoms with Gasteiger partial charge in [0.1, 0.15) is 11.6 Å². The lowest BCUT2D eigenvalue weighted by molar-refractivity contribution is 0.144. The van der Waals surface area contributed by atoms with Crippen molar-refractivity contribution in [3.63, 3.8) is 0 Å². The van der Waals surface area contributed by atoms with Crippen molar-refractivity contribution in [2.45, 2.75) is 31.5 Å². The van der Waals surface area contributed by atoms with E-state index in [0.717, 1.165) is 29.8 Å². The summed E-state index contributed by atoms with van der Waals surface area (Å²) < 4.78 is 26.5. The molecule has 30 heavy (non-hydrogen) atoms. The predicted molar refractivity (Wildman–Crippen MR) is 115 cm³/mol. The largest absolute Gasteiger partial charge is 0.388 e. The lowest BCUT2D eigenvalue weighted by Gasteiger charge is -2.50. The van der Waals surface area contributed by atoms with Crippen molar-refractivity contribution < 1.29 is 13.9 Å². The van der Waals surface area contributed by atoms with Crippen molar-refractivity contribution in [1.82, 2.24) is 0 Å². The Morgan fingerprint density at radius 3 is 2.30 bits per heavy atom. The number of halogens is 2. The minimum atomic E-state index is -0.624. The van der Waals surface area contributed by atoms with Gasteiger partial charge in [0.25, 0.3) is 0 Å². The summed E-state index contributed by atoms with van der Waals surface area (Å²) in [6.45, 7) is 1.31. The van der Waals surface area contributed by atoms with E-state index in [2.05, 4.69) is 17.0 Å². The maximum absolute atomic E-state index is 13.4. The molecular weight excluding hydrogens is 382 g/mol. The Morgan fingerprint density at radius 2 is 1.63 bits per heavy atom. The van der Waals surface area contributed by atoms with Gasteiger partial charge in [-0.1, -0.05) is 36.4 Å². The van der Waals surface area contributed by atoms with Crippen molar-refractivity contribution in [3.8, 4) is 0 Å². The van der Waals surface area contributed by atoms with E-state index in [1.807, 2.05) is 12.1 Å². The van der Waals surface area contributed by atoms with Gasteiger partial charge >= 0.3 is 0 Å². The average molecular weight is 408 g/mol. The smallest absolute Gasteiger partial charge is 0.123 e. The molecule has 5 heteroatoms. The number of nitrogens with zero attached hydrogens (tertiary/aromatic N) is 1. The van der Waals surface area contributed by atoms with Crippen LogP contribution in [0.5, 0.6) is 0 Å². The highest BCUT2D eigenvalue weighted by Crippen LogP contribution is 2.45. The topological polar surface area (TPSA) is 49.5 Å². The molecule has 3 aromatic carbocycles. The first kappa shape index (κ1) is 20.5. The van der Waals surface area contributed by atoms with Gasteiger partial charge in [0.15, 0.2) is 0 Å². The normalized spacial score (nSPS) is 19.4. The summed E-state index contributed by atoms with van der Waals surface area (Å²) in [6, 6.07) is 21.0. The summed E-state index contributed by atoms with van der Waals surface area (Å²) in [5.41, 5.74) is 9.79. The van der Waals surface area contributed by atoms with Gasteiger partial charge in [0.2, 0.25) is 0 Å². The fourth-order valence-electron chi connectivity index (χ4n) is 4.31. The van der Waals surface area contributed by atoms with Crippen LogP contribution in [0.1, 0.15) is 41.7 Å². The molecule has 3 aromatic rings. The number of hydrogen-bond donors (Lipinski definition) is 2. The van der Waals surface area contributed by atoms with E-state index in [1.165, 1.54) is 29.8 Å². The van der Waals surface area contributed by atoms with Crippen LogP contribution in [-0.4, -0.2) is 11.7 Å². The molecule has 0 saturated carbocycles. The fourth-order valence-corrected chi connectivity index (χ4v) is 4.31. The minimum Gasteiger partial charge on any atom is -0.388 e. The van der Waals surface area contributed by atoms with Gasteiger partial charge in [-0.3, -0.25) is 0 Å². The highest BCUT2D eigenvalue weighted by atomic mass is 19.1. The summed E-state index contributed by atoms with van der Waals surface area (Å²) in [6.07, 6.45) is 0.801. The number of anilines is 1. The van der Waals surface area contributed by atoms with Crippen LogP contribution in [0.2, 0.25) is 0 Å². The van der Waals surface area contributed by atoms with Gasteiger partial charge in [-0.25, -0.2) is 8.78 Å². The maximum Gasteiger partial charge on any atom is 0.123 e. The molecule has 0 aliphatic carbocycles. The number of nitrogens with two attached hydrogens (primary N) is 1. The molecule has 156 valence electrons. The predicted octanol–water partition coefficient (Wildman–Crippen LogP) is 5.11. The molecule has 1 aliphatic heterocycles. The molecule has 1 fully saturated rings. The highest BCUT2D eigenvalue weighted by molar-refractivity contribution is 5.53. The molecule has 3 unspecified atom stereocenters. The SMILES string of the molecule is NCc1cccc(C2C(CCC(O)c3ccc(F)cc3)CN2c2ccc(F)cc2)c1. The van der Waals surface area contributed by atoms with Crippen LogP contribution >= 0.6 is 0 Å². The first-order chi connectivity index (χ1) is 14.5. The fraction of sp³-hybridized carbons (Fsp3) is 0.280. The van der Waals surface area contributed by atoms with Crippen molar-refractivity contribution in [1.29, 1.82) is 0 Å². The van der Waals surface area contributed by atoms with Crippen LogP contribution in [0.25, 0.3) is 0 Å². The second-order valence-corrected chi connectivity index (χ2v) is 7.93. The van der Waals surface area contributed by atoms with E-state index in [1.54, 1.807) is 24.3 Å². The van der Waals surface area contributed by atoms with Crippen molar-refractivity contribution in [3.05, 3.63) is 101 Å². The molecule has 0 radical (unpaired) electrons. The molecule has 1 heterocycles. The van der Waals surface area contributed by atoms with Gasteiger partial charge in [0.05, 0.1) is 12.1 Å². The highest BCUT2D eigenvalue weighted by Gasteiger charge is 2.40. The molecule has 3 atom stereocenters. The van der Waals surface area contributed by atoms with Crippen LogP contribution < -0.4 is 10.6 Å². The molecule has 0 amide bonds. The summed E-state index contributed by atoms with van der Waals surface area (Å²) in [5.74, 6) is -0.210. The van der Waals surface area contributed by atoms with Crippen molar-refractivity contribution >= 4 is 5.69 Å². The van der Waals surface area contributed by atoms with Crippen LogP contribution in [0.4, 0.5) is 14.5 Å². The van der Waals surface area contributed by atoms with Crippen LogP contribution in [0.15, 0.2) is 72.8 Å². The molecule has 0 aromatic heterocycles. The van der Waals surface area contributed by atoms with E-state index < -0.39 is 6.10 Å². The molecular formula is C25H26F2N2O. The Morgan fingerprint density at radius 1 is 0.967 bits per heavy atom. The third-order valence-corrected chi connectivity index (χ3v) is 5.97. The Hall–Kier alpha value is -2.76. The van der Waals surface area contributed by atoms with E-state index in [9.17, 15) is 13.9 Å². The molecule has 1 saturated heterocycles. The Labute approximate surface area is 175 Å². The van der Waals surface area contributed by atoms with E-state index in [-0.39, 0.29) is 17.7 Å². The van der Waals surface area contributed by atoms with Crippen LogP contribution in [0.3, 0.4) is 0 Å². The van der Waals surface area contributed by atoms with Crippen LogP contribution in [-0.2, 0) is 6.54 Å². The van der Waals surface area contributed by atoms with Crippen LogP contribution in [0, 0.1) is 17.6 Å². The number of benzene rings is 3. The number of hydrogen-bond acceptors (Lipinski definition) is 3. The monoisotopic (exact) mass is 408 g/mol. The lowest BCUT2D eigenvalue weighted by atomic mass is 9.78. The zero-order valence-corrected chi connectivity index (χ0v) is 16.7. The third-order valence-electron chi connectivity index (χ3n) is 5.97. The van der Waals surface area contributed by atoms with Gasteiger partial charge < -0.3 is 15.7 Å². The van der Waals surface area contributed by atoms with Crippen molar-refractivity contribution in [2.24, 2.45) is 11.7 Å². The first-order valence-corrected chi connectivity index (χ1v) is 10.3.